The lowest BCUT2D eigenvalue weighted by Crippen LogP contribution is -2.06. The summed E-state index contributed by atoms with van der Waals surface area (Å²) >= 11 is 0. The van der Waals surface area contributed by atoms with Gasteiger partial charge in [-0.25, -0.2) is 0 Å². The van der Waals surface area contributed by atoms with E-state index in [4.69, 9.17) is 5.41 Å². The van der Waals surface area contributed by atoms with Crippen LogP contribution in [0.1, 0.15) is 11.1 Å². The van der Waals surface area contributed by atoms with E-state index in [0.717, 1.165) is 11.1 Å². The van der Waals surface area contributed by atoms with Crippen molar-refractivity contribution in [3.8, 4) is 11.5 Å². The van der Waals surface area contributed by atoms with E-state index >= 15 is 0 Å². The third kappa shape index (κ3) is 5.20. The zero-order valence-corrected chi connectivity index (χ0v) is 12.0. The van der Waals surface area contributed by atoms with Gasteiger partial charge in [-0.3, -0.25) is 9.98 Å². The summed E-state index contributed by atoms with van der Waals surface area (Å²) in [6.45, 7) is 0.514. The molecule has 0 atom stereocenters. The summed E-state index contributed by atoms with van der Waals surface area (Å²) in [5.74, 6) is 0.379. The van der Waals surface area contributed by atoms with Gasteiger partial charge in [0.05, 0.1) is 18.8 Å². The summed E-state index contributed by atoms with van der Waals surface area (Å²) in [5.41, 5.74) is 1.96. The highest BCUT2D eigenvalue weighted by Crippen LogP contribution is 2.09. The molecule has 3 N–H and O–H groups in total. The van der Waals surface area contributed by atoms with Crippen LogP contribution >= 0.6 is 0 Å². The minimum atomic E-state index is 0.190. The van der Waals surface area contributed by atoms with Gasteiger partial charge in [0.2, 0.25) is 0 Å². The highest BCUT2D eigenvalue weighted by Gasteiger charge is 1.95. The van der Waals surface area contributed by atoms with Crippen molar-refractivity contribution in [1.29, 1.82) is 5.41 Å². The Bertz CT molecular complexity index is 649. The zero-order valence-electron chi connectivity index (χ0n) is 12.0. The summed E-state index contributed by atoms with van der Waals surface area (Å²) in [4.78, 5) is 8.30. The number of phenolic OH excluding ortho intramolecular Hbond substituents is 2. The van der Waals surface area contributed by atoms with E-state index in [2.05, 4.69) is 9.98 Å². The van der Waals surface area contributed by atoms with Crippen molar-refractivity contribution in [2.45, 2.75) is 0 Å². The van der Waals surface area contributed by atoms with E-state index < -0.39 is 0 Å². The Morgan fingerprint density at radius 2 is 1.32 bits per heavy atom. The quantitative estimate of drug-likeness (QED) is 0.715. The van der Waals surface area contributed by atoms with Gasteiger partial charge in [-0.1, -0.05) is 24.3 Å². The minimum Gasteiger partial charge on any atom is -0.508 e. The average Bonchev–Trinajstić information content (AvgIpc) is 2.47. The average molecular weight is 295 g/mol. The lowest BCUT2D eigenvalue weighted by molar-refractivity contribution is 0.474. The van der Waals surface area contributed by atoms with Crippen LogP contribution in [0.4, 0.5) is 0 Å². The van der Waals surface area contributed by atoms with Crippen LogP contribution in [0, 0.1) is 5.41 Å². The maximum Gasteiger partial charge on any atom is 0.116 e. The van der Waals surface area contributed by atoms with Crippen molar-refractivity contribution in [3.05, 3.63) is 59.7 Å². The van der Waals surface area contributed by atoms with E-state index in [1.165, 1.54) is 0 Å². The standard InChI is InChI=1S/C17H17N3O2/c18-15(11-19-9-13-3-1-5-16(21)7-13)12-20-10-14-4-2-6-17(22)8-14/h1-10,18,21-22H,11-12H2. The molecule has 2 aromatic rings. The van der Waals surface area contributed by atoms with Gasteiger partial charge in [-0.2, -0.15) is 0 Å². The lowest BCUT2D eigenvalue weighted by Gasteiger charge is -1.97. The molecule has 0 radical (unpaired) electrons. The van der Waals surface area contributed by atoms with Crippen LogP contribution in [0.5, 0.6) is 11.5 Å². The zero-order chi connectivity index (χ0) is 15.8. The van der Waals surface area contributed by atoms with Gasteiger partial charge in [-0.15, -0.1) is 0 Å². The SMILES string of the molecule is N=C(CN=Cc1cccc(O)c1)CN=Cc1cccc(O)c1. The Kier molecular flexibility index (Phi) is 5.43. The van der Waals surface area contributed by atoms with Crippen LogP contribution in [0.25, 0.3) is 0 Å². The number of aliphatic imine (C=N–C) groups is 2. The van der Waals surface area contributed by atoms with Gasteiger partial charge >= 0.3 is 0 Å². The molecule has 0 aliphatic rings. The fourth-order valence-electron chi connectivity index (χ4n) is 1.78. The van der Waals surface area contributed by atoms with Crippen LogP contribution in [0.15, 0.2) is 58.5 Å². The summed E-state index contributed by atoms with van der Waals surface area (Å²) in [6.07, 6.45) is 3.24. The normalized spacial score (nSPS) is 11.3. The van der Waals surface area contributed by atoms with E-state index in [-0.39, 0.29) is 24.6 Å². The maximum absolute atomic E-state index is 9.32. The van der Waals surface area contributed by atoms with Crippen LogP contribution in [-0.4, -0.2) is 41.4 Å². The lowest BCUT2D eigenvalue weighted by atomic mass is 10.2. The molecule has 0 fully saturated rings. The first-order valence-electron chi connectivity index (χ1n) is 6.77. The molecule has 0 bridgehead atoms. The maximum atomic E-state index is 9.32. The van der Waals surface area contributed by atoms with E-state index in [9.17, 15) is 10.2 Å². The molecule has 2 rings (SSSR count). The second-order valence-corrected chi connectivity index (χ2v) is 4.73. The molecule has 112 valence electrons. The Hall–Kier alpha value is -2.95. The van der Waals surface area contributed by atoms with Crippen LogP contribution in [0.3, 0.4) is 0 Å². The number of phenols is 2. The van der Waals surface area contributed by atoms with E-state index in [0.29, 0.717) is 5.71 Å². The highest BCUT2D eigenvalue weighted by molar-refractivity contribution is 5.90. The molecule has 0 saturated heterocycles. The van der Waals surface area contributed by atoms with Crippen molar-refractivity contribution in [3.63, 3.8) is 0 Å². The van der Waals surface area contributed by atoms with Crippen molar-refractivity contribution in [2.75, 3.05) is 13.1 Å². The van der Waals surface area contributed by atoms with Gasteiger partial charge < -0.3 is 15.6 Å². The van der Waals surface area contributed by atoms with Gasteiger partial charge in [0.1, 0.15) is 11.5 Å². The number of nitrogens with zero attached hydrogens (tertiary/aromatic N) is 2. The predicted molar refractivity (Wildman–Crippen MR) is 88.9 cm³/mol. The smallest absolute Gasteiger partial charge is 0.116 e. The fraction of sp³-hybridized carbons (Fsp3) is 0.118. The topological polar surface area (TPSA) is 89.0 Å². The van der Waals surface area contributed by atoms with E-state index in [1.807, 2.05) is 12.1 Å². The second-order valence-electron chi connectivity index (χ2n) is 4.73. The van der Waals surface area contributed by atoms with E-state index in [1.54, 1.807) is 48.8 Å². The predicted octanol–water partition coefficient (Wildman–Crippen LogP) is 2.66. The van der Waals surface area contributed by atoms with Gasteiger partial charge in [-0.05, 0) is 35.4 Å². The first-order valence-corrected chi connectivity index (χ1v) is 6.77. The molecule has 0 aliphatic heterocycles. The Labute approximate surface area is 128 Å². The number of rotatable bonds is 6. The van der Waals surface area contributed by atoms with Gasteiger partial charge in [0.15, 0.2) is 0 Å². The van der Waals surface area contributed by atoms with Crippen LogP contribution in [0.2, 0.25) is 0 Å². The molecular weight excluding hydrogens is 278 g/mol. The third-order valence-electron chi connectivity index (χ3n) is 2.79. The minimum absolute atomic E-state index is 0.190. The number of benzene rings is 2. The van der Waals surface area contributed by atoms with Gasteiger partial charge in [0.25, 0.3) is 0 Å². The number of hydrogen-bond donors (Lipinski definition) is 3. The molecule has 0 aromatic heterocycles. The molecular formula is C17H17N3O2. The number of aromatic hydroxyl groups is 2. The van der Waals surface area contributed by atoms with Crippen LogP contribution in [-0.2, 0) is 0 Å². The molecule has 22 heavy (non-hydrogen) atoms. The fourth-order valence-corrected chi connectivity index (χ4v) is 1.78. The first kappa shape index (κ1) is 15.4. The highest BCUT2D eigenvalue weighted by atomic mass is 16.3. The molecule has 0 heterocycles. The molecule has 0 unspecified atom stereocenters. The Morgan fingerprint density at radius 1 is 0.864 bits per heavy atom. The second kappa shape index (κ2) is 7.73. The first-order chi connectivity index (χ1) is 10.6. The summed E-state index contributed by atoms with van der Waals surface area (Å²) < 4.78 is 0. The Morgan fingerprint density at radius 3 is 1.73 bits per heavy atom. The molecule has 0 saturated carbocycles. The van der Waals surface area contributed by atoms with Crippen molar-refractivity contribution in [1.82, 2.24) is 0 Å². The molecule has 5 heteroatoms. The molecule has 0 aliphatic carbocycles. The van der Waals surface area contributed by atoms with Gasteiger partial charge in [0, 0.05) is 12.4 Å². The summed E-state index contributed by atoms with van der Waals surface area (Å²) in [7, 11) is 0. The van der Waals surface area contributed by atoms with Crippen molar-refractivity contribution < 1.29 is 10.2 Å². The van der Waals surface area contributed by atoms with Crippen molar-refractivity contribution >= 4 is 18.1 Å². The third-order valence-corrected chi connectivity index (χ3v) is 2.79. The monoisotopic (exact) mass is 295 g/mol. The molecule has 0 amide bonds. The summed E-state index contributed by atoms with van der Waals surface area (Å²) in [6, 6.07) is 13.5. The molecule has 2 aromatic carbocycles. The molecule has 5 nitrogen and oxygen atoms in total. The van der Waals surface area contributed by atoms with Crippen LogP contribution < -0.4 is 0 Å². The Balaban J connectivity index is 1.81. The van der Waals surface area contributed by atoms with Crippen molar-refractivity contribution in [2.24, 2.45) is 9.98 Å². The largest absolute Gasteiger partial charge is 0.508 e. The summed E-state index contributed by atoms with van der Waals surface area (Å²) in [5, 5.41) is 26.4. The number of hydrogen-bond acceptors (Lipinski definition) is 5. The number of nitrogens with one attached hydrogen (secondary N) is 1. The molecule has 0 spiro atoms.